The number of nitrogens with two attached hydrogens (primary N) is 1. The normalized spacial score (nSPS) is 12.2. The summed E-state index contributed by atoms with van der Waals surface area (Å²) in [5.41, 5.74) is 9.44. The van der Waals surface area contributed by atoms with Crippen LogP contribution in [0, 0.1) is 6.92 Å². The van der Waals surface area contributed by atoms with Gasteiger partial charge >= 0.3 is 0 Å². The van der Waals surface area contributed by atoms with Crippen LogP contribution in [-0.2, 0) is 0 Å². The first-order chi connectivity index (χ1) is 8.61. The third-order valence-corrected chi connectivity index (χ3v) is 3.26. The summed E-state index contributed by atoms with van der Waals surface area (Å²) in [5, 5.41) is 0.719. The molecule has 0 aliphatic carbocycles. The van der Waals surface area contributed by atoms with Gasteiger partial charge in [0.25, 0.3) is 0 Å². The fourth-order valence-electron chi connectivity index (χ4n) is 1.96. The lowest BCUT2D eigenvalue weighted by molar-refractivity contribution is 0.411. The molecule has 1 unspecified atom stereocenters. The summed E-state index contributed by atoms with van der Waals surface area (Å²) in [6, 6.07) is 13.5. The average molecular weight is 262 g/mol. The molecule has 2 nitrogen and oxygen atoms in total. The summed E-state index contributed by atoms with van der Waals surface area (Å²) in [5.74, 6) is 0.877. The van der Waals surface area contributed by atoms with Gasteiger partial charge in [0.15, 0.2) is 0 Å². The lowest BCUT2D eigenvalue weighted by Crippen LogP contribution is -2.11. The minimum atomic E-state index is -0.146. The molecule has 0 heterocycles. The van der Waals surface area contributed by atoms with Gasteiger partial charge in [-0.2, -0.15) is 0 Å². The summed E-state index contributed by atoms with van der Waals surface area (Å²) in [7, 11) is 1.67. The average Bonchev–Trinajstić information content (AvgIpc) is 2.38. The van der Waals surface area contributed by atoms with Gasteiger partial charge in [0.1, 0.15) is 5.75 Å². The topological polar surface area (TPSA) is 35.2 Å². The molecule has 3 heteroatoms. The zero-order chi connectivity index (χ0) is 13.1. The Morgan fingerprint density at radius 3 is 2.22 bits per heavy atom. The van der Waals surface area contributed by atoms with Crippen molar-refractivity contribution in [3.05, 3.63) is 64.2 Å². The first kappa shape index (κ1) is 12.9. The second kappa shape index (κ2) is 5.42. The number of methoxy groups -OCH3 is 1. The standard InChI is InChI=1S/C15H16ClNO/c1-10-9-12(5-8-14(10)18-2)15(17)11-3-6-13(16)7-4-11/h3-9,15H,17H2,1-2H3. The monoisotopic (exact) mass is 261 g/mol. The van der Waals surface area contributed by atoms with E-state index in [0.717, 1.165) is 27.5 Å². The number of aryl methyl sites for hydroxylation is 1. The lowest BCUT2D eigenvalue weighted by Gasteiger charge is -2.14. The molecule has 1 atom stereocenters. The zero-order valence-electron chi connectivity index (χ0n) is 10.5. The minimum absolute atomic E-state index is 0.146. The van der Waals surface area contributed by atoms with Gasteiger partial charge in [0.05, 0.1) is 13.2 Å². The highest BCUT2D eigenvalue weighted by molar-refractivity contribution is 6.30. The van der Waals surface area contributed by atoms with Gasteiger partial charge < -0.3 is 10.5 Å². The minimum Gasteiger partial charge on any atom is -0.496 e. The van der Waals surface area contributed by atoms with Crippen LogP contribution in [-0.4, -0.2) is 7.11 Å². The highest BCUT2D eigenvalue weighted by atomic mass is 35.5. The maximum absolute atomic E-state index is 6.24. The van der Waals surface area contributed by atoms with E-state index >= 15 is 0 Å². The molecule has 0 aliphatic rings. The van der Waals surface area contributed by atoms with E-state index in [1.54, 1.807) is 7.11 Å². The molecule has 0 spiro atoms. The van der Waals surface area contributed by atoms with E-state index in [2.05, 4.69) is 6.07 Å². The molecule has 0 saturated carbocycles. The van der Waals surface area contributed by atoms with Gasteiger partial charge in [-0.1, -0.05) is 35.9 Å². The third-order valence-electron chi connectivity index (χ3n) is 3.01. The van der Waals surface area contributed by atoms with Gasteiger partial charge in [0, 0.05) is 5.02 Å². The number of benzene rings is 2. The van der Waals surface area contributed by atoms with Gasteiger partial charge in [-0.3, -0.25) is 0 Å². The van der Waals surface area contributed by atoms with E-state index in [9.17, 15) is 0 Å². The van der Waals surface area contributed by atoms with Crippen LogP contribution >= 0.6 is 11.6 Å². The fourth-order valence-corrected chi connectivity index (χ4v) is 2.08. The van der Waals surface area contributed by atoms with E-state index in [1.165, 1.54) is 0 Å². The largest absolute Gasteiger partial charge is 0.496 e. The quantitative estimate of drug-likeness (QED) is 0.914. The summed E-state index contributed by atoms with van der Waals surface area (Å²) < 4.78 is 5.24. The van der Waals surface area contributed by atoms with Gasteiger partial charge in [-0.25, -0.2) is 0 Å². The highest BCUT2D eigenvalue weighted by Crippen LogP contribution is 2.25. The molecule has 0 aliphatic heterocycles. The van der Waals surface area contributed by atoms with Crippen molar-refractivity contribution in [1.82, 2.24) is 0 Å². The van der Waals surface area contributed by atoms with E-state index in [0.29, 0.717) is 0 Å². The number of hydrogen-bond donors (Lipinski definition) is 1. The van der Waals surface area contributed by atoms with Crippen LogP contribution in [0.15, 0.2) is 42.5 Å². The fraction of sp³-hybridized carbons (Fsp3) is 0.200. The van der Waals surface area contributed by atoms with Gasteiger partial charge in [-0.05, 0) is 41.8 Å². The van der Waals surface area contributed by atoms with Crippen molar-refractivity contribution in [2.24, 2.45) is 5.73 Å². The number of rotatable bonds is 3. The molecule has 0 aromatic heterocycles. The first-order valence-electron chi connectivity index (χ1n) is 5.77. The van der Waals surface area contributed by atoms with E-state index in [4.69, 9.17) is 22.1 Å². The predicted molar refractivity (Wildman–Crippen MR) is 75.2 cm³/mol. The summed E-state index contributed by atoms with van der Waals surface area (Å²) in [4.78, 5) is 0. The Labute approximate surface area is 112 Å². The van der Waals surface area contributed by atoms with Crippen LogP contribution in [0.1, 0.15) is 22.7 Å². The van der Waals surface area contributed by atoms with Crippen LogP contribution < -0.4 is 10.5 Å². The maximum atomic E-state index is 6.24. The number of halogens is 1. The van der Waals surface area contributed by atoms with Gasteiger partial charge in [-0.15, -0.1) is 0 Å². The molecule has 2 aromatic carbocycles. The highest BCUT2D eigenvalue weighted by Gasteiger charge is 2.10. The molecule has 94 valence electrons. The van der Waals surface area contributed by atoms with Crippen LogP contribution in [0.25, 0.3) is 0 Å². The molecule has 0 saturated heterocycles. The molecular formula is C15H16ClNO. The molecule has 18 heavy (non-hydrogen) atoms. The number of ether oxygens (including phenoxy) is 1. The second-order valence-electron chi connectivity index (χ2n) is 4.26. The first-order valence-corrected chi connectivity index (χ1v) is 6.15. The zero-order valence-corrected chi connectivity index (χ0v) is 11.2. The molecule has 0 radical (unpaired) electrons. The Kier molecular flexibility index (Phi) is 3.90. The van der Waals surface area contributed by atoms with Crippen molar-refractivity contribution in [2.75, 3.05) is 7.11 Å². The van der Waals surface area contributed by atoms with Gasteiger partial charge in [0.2, 0.25) is 0 Å². The SMILES string of the molecule is COc1ccc(C(N)c2ccc(Cl)cc2)cc1C. The summed E-state index contributed by atoms with van der Waals surface area (Å²) >= 11 is 5.87. The van der Waals surface area contributed by atoms with Crippen molar-refractivity contribution in [3.8, 4) is 5.75 Å². The van der Waals surface area contributed by atoms with E-state index < -0.39 is 0 Å². The van der Waals surface area contributed by atoms with E-state index in [-0.39, 0.29) is 6.04 Å². The number of hydrogen-bond acceptors (Lipinski definition) is 2. The molecule has 2 N–H and O–H groups in total. The van der Waals surface area contributed by atoms with Crippen LogP contribution in [0.4, 0.5) is 0 Å². The van der Waals surface area contributed by atoms with Crippen molar-refractivity contribution in [3.63, 3.8) is 0 Å². The Balaban J connectivity index is 2.31. The van der Waals surface area contributed by atoms with Crippen LogP contribution in [0.5, 0.6) is 5.75 Å². The summed E-state index contributed by atoms with van der Waals surface area (Å²) in [6.45, 7) is 2.01. The lowest BCUT2D eigenvalue weighted by atomic mass is 9.98. The molecule has 0 amide bonds. The molecular weight excluding hydrogens is 246 g/mol. The Morgan fingerprint density at radius 1 is 1.06 bits per heavy atom. The summed E-state index contributed by atoms with van der Waals surface area (Å²) in [6.07, 6.45) is 0. The molecule has 2 rings (SSSR count). The van der Waals surface area contributed by atoms with Crippen molar-refractivity contribution >= 4 is 11.6 Å². The second-order valence-corrected chi connectivity index (χ2v) is 4.69. The smallest absolute Gasteiger partial charge is 0.121 e. The van der Waals surface area contributed by atoms with Crippen LogP contribution in [0.2, 0.25) is 5.02 Å². The molecule has 0 fully saturated rings. The Morgan fingerprint density at radius 2 is 1.67 bits per heavy atom. The van der Waals surface area contributed by atoms with E-state index in [1.807, 2.05) is 43.3 Å². The van der Waals surface area contributed by atoms with Crippen molar-refractivity contribution < 1.29 is 4.74 Å². The maximum Gasteiger partial charge on any atom is 0.121 e. The third kappa shape index (κ3) is 2.66. The Hall–Kier alpha value is -1.51. The van der Waals surface area contributed by atoms with Crippen LogP contribution in [0.3, 0.4) is 0 Å². The van der Waals surface area contributed by atoms with Crippen molar-refractivity contribution in [1.29, 1.82) is 0 Å². The predicted octanol–water partition coefficient (Wildman–Crippen LogP) is 3.71. The Bertz CT molecular complexity index is 537. The molecule has 2 aromatic rings. The molecule has 0 bridgehead atoms. The van der Waals surface area contributed by atoms with Crippen molar-refractivity contribution in [2.45, 2.75) is 13.0 Å².